The third-order valence-corrected chi connectivity index (χ3v) is 6.41. The number of aromatic nitrogens is 2. The Morgan fingerprint density at radius 1 is 1.31 bits per heavy atom. The number of rotatable bonds is 2. The summed E-state index contributed by atoms with van der Waals surface area (Å²) in [6.07, 6.45) is -0.820. The Morgan fingerprint density at radius 2 is 1.96 bits per heavy atom. The quantitative estimate of drug-likeness (QED) is 0.870. The van der Waals surface area contributed by atoms with Gasteiger partial charge in [0.1, 0.15) is 0 Å². The van der Waals surface area contributed by atoms with Crippen molar-refractivity contribution in [3.63, 3.8) is 0 Å². The highest BCUT2D eigenvalue weighted by atomic mass is 19.4. The number of aliphatic hydroxyl groups is 1. The zero-order chi connectivity index (χ0) is 18.9. The van der Waals surface area contributed by atoms with Crippen molar-refractivity contribution < 1.29 is 23.1 Å². The molecule has 3 fully saturated rings. The summed E-state index contributed by atoms with van der Waals surface area (Å²) in [5.41, 5.74) is -0.876. The Kier molecular flexibility index (Phi) is 3.75. The fraction of sp³-hybridized carbons (Fsp3) is 0.778. The molecule has 0 bridgehead atoms. The molecule has 1 aromatic rings. The van der Waals surface area contributed by atoms with Gasteiger partial charge in [-0.25, -0.2) is 0 Å². The van der Waals surface area contributed by atoms with Crippen LogP contribution in [0.25, 0.3) is 0 Å². The lowest BCUT2D eigenvalue weighted by molar-refractivity contribution is -0.161. The zero-order valence-corrected chi connectivity index (χ0v) is 15.0. The van der Waals surface area contributed by atoms with E-state index >= 15 is 0 Å². The Balaban J connectivity index is 1.37. The van der Waals surface area contributed by atoms with Crippen LogP contribution in [0, 0.1) is 11.3 Å². The van der Waals surface area contributed by atoms with Gasteiger partial charge in [-0.05, 0) is 45.1 Å². The first kappa shape index (κ1) is 17.8. The van der Waals surface area contributed by atoms with E-state index in [0.29, 0.717) is 31.6 Å². The summed E-state index contributed by atoms with van der Waals surface area (Å²) in [5.74, 6) is 0.0988. The van der Waals surface area contributed by atoms with Crippen LogP contribution in [0.4, 0.5) is 13.2 Å². The Morgan fingerprint density at radius 3 is 2.50 bits per heavy atom. The number of halogens is 3. The summed E-state index contributed by atoms with van der Waals surface area (Å²) < 4.78 is 40.0. The maximum Gasteiger partial charge on any atom is 0.435 e. The third kappa shape index (κ3) is 2.92. The largest absolute Gasteiger partial charge is 0.435 e. The number of alkyl halides is 3. The maximum atomic E-state index is 12.9. The molecule has 5 nitrogen and oxygen atoms in total. The SMILES string of the molecule is Cn1nc(C(F)(F)F)cc1C1CCC2(C1)CN(C(=O)C1CC(C)(O)C1)C2. The number of nitrogens with zero attached hydrogens (tertiary/aromatic N) is 3. The molecule has 1 amide bonds. The lowest BCUT2D eigenvalue weighted by Gasteiger charge is -2.52. The summed E-state index contributed by atoms with van der Waals surface area (Å²) in [4.78, 5) is 14.3. The van der Waals surface area contributed by atoms with Crippen molar-refractivity contribution in [3.8, 4) is 0 Å². The van der Waals surface area contributed by atoms with E-state index in [1.54, 1.807) is 14.0 Å². The van der Waals surface area contributed by atoms with Crippen LogP contribution in [0.3, 0.4) is 0 Å². The topological polar surface area (TPSA) is 58.4 Å². The number of amides is 1. The average molecular weight is 371 g/mol. The van der Waals surface area contributed by atoms with Gasteiger partial charge in [0.25, 0.3) is 0 Å². The van der Waals surface area contributed by atoms with Crippen molar-refractivity contribution in [2.75, 3.05) is 13.1 Å². The minimum Gasteiger partial charge on any atom is -0.390 e. The van der Waals surface area contributed by atoms with Crippen LogP contribution in [-0.2, 0) is 18.0 Å². The average Bonchev–Trinajstić information content (AvgIpc) is 3.05. The maximum absolute atomic E-state index is 12.9. The van der Waals surface area contributed by atoms with E-state index < -0.39 is 17.5 Å². The van der Waals surface area contributed by atoms with Gasteiger partial charge >= 0.3 is 6.18 Å². The normalized spacial score (nSPS) is 33.2. The monoisotopic (exact) mass is 371 g/mol. The van der Waals surface area contributed by atoms with Gasteiger partial charge < -0.3 is 10.0 Å². The molecule has 0 aromatic carbocycles. The van der Waals surface area contributed by atoms with E-state index in [2.05, 4.69) is 5.10 Å². The van der Waals surface area contributed by atoms with E-state index in [-0.39, 0.29) is 23.2 Å². The predicted molar refractivity (Wildman–Crippen MR) is 87.2 cm³/mol. The van der Waals surface area contributed by atoms with Gasteiger partial charge in [0.05, 0.1) is 5.60 Å². The van der Waals surface area contributed by atoms with Gasteiger partial charge in [0.2, 0.25) is 5.91 Å². The Bertz CT molecular complexity index is 727. The molecule has 8 heteroatoms. The highest BCUT2D eigenvalue weighted by Gasteiger charge is 2.53. The second-order valence-electron chi connectivity index (χ2n) is 8.81. The summed E-state index contributed by atoms with van der Waals surface area (Å²) in [5, 5.41) is 13.4. The molecule has 4 rings (SSSR count). The molecular formula is C18H24F3N3O2. The molecule has 2 heterocycles. The molecular weight excluding hydrogens is 347 g/mol. The zero-order valence-electron chi connectivity index (χ0n) is 15.0. The molecule has 2 saturated carbocycles. The highest BCUT2D eigenvalue weighted by Crippen LogP contribution is 2.53. The summed E-state index contributed by atoms with van der Waals surface area (Å²) in [6.45, 7) is 3.12. The standard InChI is InChI=1S/C18H24F3N3O2/c1-16(26)6-12(7-16)15(25)24-9-17(10-24)4-3-11(8-17)13-5-14(18(19,20)21)22-23(13)2/h5,11-12,26H,3-4,6-10H2,1-2H3. The molecule has 144 valence electrons. The third-order valence-electron chi connectivity index (χ3n) is 6.41. The van der Waals surface area contributed by atoms with Gasteiger partial charge in [0.15, 0.2) is 5.69 Å². The van der Waals surface area contributed by atoms with Crippen LogP contribution in [-0.4, -0.2) is 44.4 Å². The molecule has 3 aliphatic rings. The van der Waals surface area contributed by atoms with E-state index in [9.17, 15) is 23.1 Å². The fourth-order valence-electron chi connectivity index (χ4n) is 5.10. The van der Waals surface area contributed by atoms with Crippen LogP contribution in [0.1, 0.15) is 56.3 Å². The van der Waals surface area contributed by atoms with E-state index in [1.165, 1.54) is 10.7 Å². The minimum absolute atomic E-state index is 0.0370. The van der Waals surface area contributed by atoms with Crippen LogP contribution in [0.5, 0.6) is 0 Å². The van der Waals surface area contributed by atoms with Crippen LogP contribution < -0.4 is 0 Å². The van der Waals surface area contributed by atoms with Crippen molar-refractivity contribution in [2.45, 2.75) is 56.7 Å². The Labute approximate surface area is 150 Å². The van der Waals surface area contributed by atoms with Crippen LogP contribution in [0.2, 0.25) is 0 Å². The van der Waals surface area contributed by atoms with Crippen molar-refractivity contribution in [2.24, 2.45) is 18.4 Å². The first-order chi connectivity index (χ1) is 12.0. The van der Waals surface area contributed by atoms with Crippen molar-refractivity contribution >= 4 is 5.91 Å². The van der Waals surface area contributed by atoms with E-state index in [4.69, 9.17) is 0 Å². The van der Waals surface area contributed by atoms with Crippen molar-refractivity contribution in [1.29, 1.82) is 0 Å². The smallest absolute Gasteiger partial charge is 0.390 e. The molecule has 1 atom stereocenters. The van der Waals surface area contributed by atoms with Crippen LogP contribution in [0.15, 0.2) is 6.07 Å². The molecule has 2 aliphatic carbocycles. The predicted octanol–water partition coefficient (Wildman–Crippen LogP) is 2.70. The first-order valence-corrected chi connectivity index (χ1v) is 9.10. The second-order valence-corrected chi connectivity index (χ2v) is 8.81. The van der Waals surface area contributed by atoms with Gasteiger partial charge in [-0.1, -0.05) is 0 Å². The number of carbonyl (C=O) groups is 1. The van der Waals surface area contributed by atoms with Crippen LogP contribution >= 0.6 is 0 Å². The summed E-state index contributed by atoms with van der Waals surface area (Å²) >= 11 is 0. The molecule has 1 N–H and O–H groups in total. The highest BCUT2D eigenvalue weighted by molar-refractivity contribution is 5.81. The van der Waals surface area contributed by atoms with Gasteiger partial charge in [-0.15, -0.1) is 0 Å². The van der Waals surface area contributed by atoms with Crippen molar-refractivity contribution in [3.05, 3.63) is 17.5 Å². The van der Waals surface area contributed by atoms with Gasteiger partial charge in [-0.3, -0.25) is 9.48 Å². The van der Waals surface area contributed by atoms with E-state index in [0.717, 1.165) is 19.3 Å². The first-order valence-electron chi connectivity index (χ1n) is 9.10. The summed E-state index contributed by atoms with van der Waals surface area (Å²) in [6, 6.07) is 1.17. The number of likely N-dealkylation sites (tertiary alicyclic amines) is 1. The molecule has 26 heavy (non-hydrogen) atoms. The number of hydrogen-bond donors (Lipinski definition) is 1. The number of aryl methyl sites for hydroxylation is 1. The lowest BCUT2D eigenvalue weighted by atomic mass is 9.69. The second kappa shape index (κ2) is 5.47. The molecule has 1 unspecified atom stereocenters. The van der Waals surface area contributed by atoms with Crippen molar-refractivity contribution in [1.82, 2.24) is 14.7 Å². The molecule has 1 aliphatic heterocycles. The molecule has 1 spiro atoms. The van der Waals surface area contributed by atoms with Gasteiger partial charge in [0, 0.05) is 43.1 Å². The number of hydrogen-bond acceptors (Lipinski definition) is 3. The Hall–Kier alpha value is -1.57. The van der Waals surface area contributed by atoms with E-state index in [1.807, 2.05) is 4.90 Å². The minimum atomic E-state index is -4.42. The molecule has 0 radical (unpaired) electrons. The fourth-order valence-corrected chi connectivity index (χ4v) is 5.10. The molecule has 1 saturated heterocycles. The lowest BCUT2D eigenvalue weighted by Crippen LogP contribution is -2.61. The van der Waals surface area contributed by atoms with Gasteiger partial charge in [-0.2, -0.15) is 18.3 Å². The number of carbonyl (C=O) groups excluding carboxylic acids is 1. The molecule has 1 aromatic heterocycles. The summed E-state index contributed by atoms with van der Waals surface area (Å²) in [7, 11) is 1.56.